The molecule has 0 aromatic heterocycles. The Bertz CT molecular complexity index is 2610. The molecule has 268 valence electrons. The molecule has 2 unspecified atom stereocenters. The molecule has 0 amide bonds. The Morgan fingerprint density at radius 1 is 0.339 bits per heavy atom. The van der Waals surface area contributed by atoms with Crippen molar-refractivity contribution in [3.05, 3.63) is 245 Å². The highest BCUT2D eigenvalue weighted by molar-refractivity contribution is 5.96. The average Bonchev–Trinajstić information content (AvgIpc) is 3.57. The summed E-state index contributed by atoms with van der Waals surface area (Å²) in [6, 6.07) is 75.3. The Morgan fingerprint density at radius 2 is 0.804 bits per heavy atom. The summed E-state index contributed by atoms with van der Waals surface area (Å²) in [4.78, 5) is 2.43. The van der Waals surface area contributed by atoms with E-state index < -0.39 is 5.41 Å². The van der Waals surface area contributed by atoms with Gasteiger partial charge in [-0.3, -0.25) is 16.0 Å². The number of rotatable bonds is 5. The van der Waals surface area contributed by atoms with Crippen molar-refractivity contribution >= 4 is 17.1 Å². The molecule has 2 atom stereocenters. The Balaban J connectivity index is 1.03. The van der Waals surface area contributed by atoms with Crippen molar-refractivity contribution in [1.29, 1.82) is 0 Å². The SMILES string of the molecule is c1ccc(C2NC(c3ccccc3)NC(c3cccc(-c4ccc5c(c4)-c4ccccc4C54c5ccccc5N(c5ccccc5)c5ccccc54)c3)N2)cc1. The van der Waals surface area contributed by atoms with Crippen LogP contribution in [0.15, 0.2) is 206 Å². The largest absolute Gasteiger partial charge is 0.310 e. The molecule has 4 nitrogen and oxygen atoms in total. The molecule has 1 fully saturated rings. The topological polar surface area (TPSA) is 39.3 Å². The number of hydrogen-bond donors (Lipinski definition) is 3. The van der Waals surface area contributed by atoms with Gasteiger partial charge in [0, 0.05) is 5.69 Å². The van der Waals surface area contributed by atoms with Crippen LogP contribution in [-0.2, 0) is 5.41 Å². The molecule has 1 saturated heterocycles. The number of anilines is 3. The molecule has 56 heavy (non-hydrogen) atoms. The summed E-state index contributed by atoms with van der Waals surface area (Å²) in [6.45, 7) is 0. The van der Waals surface area contributed by atoms with Gasteiger partial charge in [-0.25, -0.2) is 0 Å². The van der Waals surface area contributed by atoms with E-state index in [1.807, 2.05) is 0 Å². The van der Waals surface area contributed by atoms with Gasteiger partial charge in [-0.15, -0.1) is 0 Å². The minimum absolute atomic E-state index is 0.0249. The zero-order valence-corrected chi connectivity index (χ0v) is 30.8. The normalized spacial score (nSPS) is 18.8. The molecule has 8 aromatic carbocycles. The smallest absolute Gasteiger partial charge is 0.0864 e. The third kappa shape index (κ3) is 5.11. The highest BCUT2D eigenvalue weighted by Crippen LogP contribution is 2.63. The maximum absolute atomic E-state index is 3.87. The predicted molar refractivity (Wildman–Crippen MR) is 228 cm³/mol. The highest BCUT2D eigenvalue weighted by atomic mass is 15.4. The van der Waals surface area contributed by atoms with Gasteiger partial charge in [0.2, 0.25) is 0 Å². The lowest BCUT2D eigenvalue weighted by Gasteiger charge is -2.45. The van der Waals surface area contributed by atoms with Crippen LogP contribution in [0.2, 0.25) is 0 Å². The second-order valence-corrected chi connectivity index (χ2v) is 15.0. The third-order valence-electron chi connectivity index (χ3n) is 12.0. The summed E-state index contributed by atoms with van der Waals surface area (Å²) < 4.78 is 0. The van der Waals surface area contributed by atoms with Crippen LogP contribution in [0.1, 0.15) is 57.4 Å². The van der Waals surface area contributed by atoms with E-state index in [1.165, 1.54) is 72.6 Å². The molecule has 3 N–H and O–H groups in total. The summed E-state index contributed by atoms with van der Waals surface area (Å²) >= 11 is 0. The van der Waals surface area contributed by atoms with Crippen LogP contribution in [0.25, 0.3) is 22.3 Å². The van der Waals surface area contributed by atoms with Crippen molar-refractivity contribution in [1.82, 2.24) is 16.0 Å². The molecule has 11 rings (SSSR count). The molecule has 2 aliphatic heterocycles. The zero-order valence-electron chi connectivity index (χ0n) is 30.8. The van der Waals surface area contributed by atoms with E-state index >= 15 is 0 Å². The summed E-state index contributed by atoms with van der Waals surface area (Å²) in [5, 5.41) is 11.5. The van der Waals surface area contributed by atoms with Crippen molar-refractivity contribution in [2.45, 2.75) is 23.9 Å². The number of hydrogen-bond acceptors (Lipinski definition) is 4. The zero-order chi connectivity index (χ0) is 37.1. The molecular weight excluding hydrogens is 681 g/mol. The van der Waals surface area contributed by atoms with Gasteiger partial charge in [0.25, 0.3) is 0 Å². The van der Waals surface area contributed by atoms with Gasteiger partial charge < -0.3 is 4.90 Å². The van der Waals surface area contributed by atoms with Crippen LogP contribution in [0.4, 0.5) is 17.1 Å². The number of nitrogens with zero attached hydrogens (tertiary/aromatic N) is 1. The lowest BCUT2D eigenvalue weighted by Crippen LogP contribution is -2.54. The van der Waals surface area contributed by atoms with E-state index in [1.54, 1.807) is 0 Å². The van der Waals surface area contributed by atoms with Crippen LogP contribution >= 0.6 is 0 Å². The predicted octanol–water partition coefficient (Wildman–Crippen LogP) is 11.7. The van der Waals surface area contributed by atoms with Gasteiger partial charge in [-0.05, 0) is 97.6 Å². The Morgan fingerprint density at radius 3 is 1.43 bits per heavy atom. The number of para-hydroxylation sites is 3. The summed E-state index contributed by atoms with van der Waals surface area (Å²) in [5.74, 6) is 0. The minimum atomic E-state index is -0.466. The standard InChI is InChI=1S/C52H40N4/c1-4-17-35(18-5-1)49-53-50(36-19-6-2-7-20-36)55-51(54-49)39-22-16-21-37(33-39)38-31-32-44-42(34-38)41-25-10-11-26-43(41)52(44)45-27-12-14-29-47(45)56(40-23-8-3-9-24-40)48-30-15-13-28-46(48)52/h1-34,49-51,53-55H. The van der Waals surface area contributed by atoms with Crippen LogP contribution < -0.4 is 20.9 Å². The van der Waals surface area contributed by atoms with Crippen molar-refractivity contribution in [2.75, 3.05) is 4.90 Å². The highest BCUT2D eigenvalue weighted by Gasteiger charge is 2.51. The fourth-order valence-corrected chi connectivity index (χ4v) is 9.56. The fraction of sp³-hybridized carbons (Fsp3) is 0.0769. The van der Waals surface area contributed by atoms with Crippen molar-refractivity contribution in [3.63, 3.8) is 0 Å². The maximum Gasteiger partial charge on any atom is 0.0864 e. The summed E-state index contributed by atoms with van der Waals surface area (Å²) in [7, 11) is 0. The van der Waals surface area contributed by atoms with E-state index in [2.05, 4.69) is 227 Å². The Labute approximate surface area is 328 Å². The molecule has 1 aliphatic carbocycles. The first-order chi connectivity index (χ1) is 27.8. The molecule has 0 saturated carbocycles. The number of fused-ring (bicyclic) bond motifs is 9. The van der Waals surface area contributed by atoms with Gasteiger partial charge in [-0.2, -0.15) is 0 Å². The third-order valence-corrected chi connectivity index (χ3v) is 12.0. The number of nitrogens with one attached hydrogen (secondary N) is 3. The maximum atomic E-state index is 3.87. The van der Waals surface area contributed by atoms with E-state index in [-0.39, 0.29) is 18.5 Å². The van der Waals surface area contributed by atoms with E-state index in [0.717, 1.165) is 5.69 Å². The van der Waals surface area contributed by atoms with Crippen molar-refractivity contribution in [3.8, 4) is 22.3 Å². The van der Waals surface area contributed by atoms with Crippen LogP contribution in [0.5, 0.6) is 0 Å². The first kappa shape index (κ1) is 32.8. The van der Waals surface area contributed by atoms with Gasteiger partial charge in [0.15, 0.2) is 0 Å². The fourth-order valence-electron chi connectivity index (χ4n) is 9.56. The summed E-state index contributed by atoms with van der Waals surface area (Å²) in [5.41, 5.74) is 16.9. The summed E-state index contributed by atoms with van der Waals surface area (Å²) in [6.07, 6.45) is -0.126. The van der Waals surface area contributed by atoms with E-state index in [4.69, 9.17) is 0 Å². The monoisotopic (exact) mass is 720 g/mol. The van der Waals surface area contributed by atoms with Crippen LogP contribution in [0, 0.1) is 0 Å². The van der Waals surface area contributed by atoms with Gasteiger partial charge in [0.05, 0.1) is 35.3 Å². The van der Waals surface area contributed by atoms with Crippen molar-refractivity contribution in [2.24, 2.45) is 0 Å². The Hall–Kier alpha value is -6.56. The molecule has 0 radical (unpaired) electrons. The van der Waals surface area contributed by atoms with E-state index in [9.17, 15) is 0 Å². The minimum Gasteiger partial charge on any atom is -0.310 e. The average molecular weight is 721 g/mol. The molecule has 2 heterocycles. The van der Waals surface area contributed by atoms with Crippen LogP contribution in [-0.4, -0.2) is 0 Å². The van der Waals surface area contributed by atoms with E-state index in [0.29, 0.717) is 0 Å². The molecule has 4 heteroatoms. The molecular formula is C52H40N4. The van der Waals surface area contributed by atoms with Crippen molar-refractivity contribution < 1.29 is 0 Å². The van der Waals surface area contributed by atoms with Gasteiger partial charge >= 0.3 is 0 Å². The quantitative estimate of drug-likeness (QED) is 0.166. The second kappa shape index (κ2) is 13.3. The lowest BCUT2D eigenvalue weighted by atomic mass is 9.64. The lowest BCUT2D eigenvalue weighted by molar-refractivity contribution is 0.203. The molecule has 1 spiro atoms. The van der Waals surface area contributed by atoms with Crippen LogP contribution in [0.3, 0.4) is 0 Å². The molecule has 0 bridgehead atoms. The van der Waals surface area contributed by atoms with Gasteiger partial charge in [0.1, 0.15) is 0 Å². The first-order valence-corrected chi connectivity index (χ1v) is 19.5. The molecule has 8 aromatic rings. The Kier molecular flexibility index (Phi) is 7.81. The first-order valence-electron chi connectivity index (χ1n) is 19.5. The van der Waals surface area contributed by atoms with Gasteiger partial charge in [-0.1, -0.05) is 170 Å². The number of benzene rings is 8. The second-order valence-electron chi connectivity index (χ2n) is 15.0. The molecule has 3 aliphatic rings.